The number of hydrogen-bond donors (Lipinski definition) is 1. The van der Waals surface area contributed by atoms with Crippen molar-refractivity contribution in [3.63, 3.8) is 0 Å². The Labute approximate surface area is 192 Å². The van der Waals surface area contributed by atoms with Gasteiger partial charge in [0.25, 0.3) is 5.91 Å². The van der Waals surface area contributed by atoms with Gasteiger partial charge in [-0.3, -0.25) is 9.59 Å². The molecule has 1 aliphatic heterocycles. The van der Waals surface area contributed by atoms with Crippen LogP contribution in [-0.4, -0.2) is 23.3 Å². The molecular formula is C27H26F2N2O2. The first-order valence-corrected chi connectivity index (χ1v) is 11.1. The number of nitrogens with one attached hydrogen (secondary N) is 1. The van der Waals surface area contributed by atoms with Crippen molar-refractivity contribution in [1.82, 2.24) is 10.2 Å². The highest BCUT2D eigenvalue weighted by Gasteiger charge is 2.36. The number of nitrogens with zero attached hydrogens (tertiary/aromatic N) is 1. The molecule has 4 rings (SSSR count). The zero-order valence-corrected chi connectivity index (χ0v) is 18.4. The van der Waals surface area contributed by atoms with Crippen molar-refractivity contribution in [3.05, 3.63) is 107 Å². The van der Waals surface area contributed by atoms with Crippen LogP contribution in [0, 0.1) is 24.5 Å². The number of likely N-dealkylation sites (tertiary alicyclic amines) is 1. The van der Waals surface area contributed by atoms with E-state index in [9.17, 15) is 18.4 Å². The molecule has 4 nitrogen and oxygen atoms in total. The summed E-state index contributed by atoms with van der Waals surface area (Å²) in [4.78, 5) is 28.0. The van der Waals surface area contributed by atoms with Crippen molar-refractivity contribution in [2.24, 2.45) is 5.92 Å². The van der Waals surface area contributed by atoms with Crippen molar-refractivity contribution >= 4 is 11.8 Å². The van der Waals surface area contributed by atoms with Gasteiger partial charge in [-0.15, -0.1) is 0 Å². The molecule has 1 fully saturated rings. The van der Waals surface area contributed by atoms with E-state index in [1.54, 1.807) is 23.1 Å². The molecule has 0 saturated carbocycles. The highest BCUT2D eigenvalue weighted by Crippen LogP contribution is 2.35. The van der Waals surface area contributed by atoms with Gasteiger partial charge in [0, 0.05) is 24.2 Å². The summed E-state index contributed by atoms with van der Waals surface area (Å²) < 4.78 is 27.3. The number of aryl methyl sites for hydroxylation is 1. The summed E-state index contributed by atoms with van der Waals surface area (Å²) in [6, 6.07) is 19.6. The summed E-state index contributed by atoms with van der Waals surface area (Å²) >= 11 is 0. The fraction of sp³-hybridized carbons (Fsp3) is 0.259. The predicted octanol–water partition coefficient (Wildman–Crippen LogP) is 5.18. The van der Waals surface area contributed by atoms with Crippen LogP contribution in [0.25, 0.3) is 0 Å². The molecule has 0 spiro atoms. The highest BCUT2D eigenvalue weighted by atomic mass is 19.1. The Balaban J connectivity index is 1.54. The highest BCUT2D eigenvalue weighted by molar-refractivity contribution is 5.95. The van der Waals surface area contributed by atoms with Crippen LogP contribution in [-0.2, 0) is 11.3 Å². The first-order valence-electron chi connectivity index (χ1n) is 11.1. The van der Waals surface area contributed by atoms with Crippen LogP contribution in [0.2, 0.25) is 0 Å². The third-order valence-corrected chi connectivity index (χ3v) is 6.14. The minimum atomic E-state index is -0.415. The van der Waals surface area contributed by atoms with Gasteiger partial charge in [0.05, 0.1) is 12.0 Å². The zero-order chi connectivity index (χ0) is 23.4. The molecule has 3 aromatic rings. The fourth-order valence-corrected chi connectivity index (χ4v) is 4.36. The van der Waals surface area contributed by atoms with E-state index in [1.165, 1.54) is 30.3 Å². The van der Waals surface area contributed by atoms with Crippen molar-refractivity contribution < 1.29 is 18.4 Å². The summed E-state index contributed by atoms with van der Waals surface area (Å²) in [6.07, 6.45) is 1.23. The third kappa shape index (κ3) is 5.28. The maximum Gasteiger partial charge on any atom is 0.254 e. The number of rotatable bonds is 5. The molecule has 1 heterocycles. The third-order valence-electron chi connectivity index (χ3n) is 6.14. The van der Waals surface area contributed by atoms with Gasteiger partial charge in [0.15, 0.2) is 0 Å². The molecule has 1 aliphatic rings. The van der Waals surface area contributed by atoms with E-state index < -0.39 is 11.7 Å². The SMILES string of the molecule is Cc1cccc(C2CCC(C(=O)NCc3ccccc3F)CN2C(=O)c2ccc(F)cc2)c1. The zero-order valence-electron chi connectivity index (χ0n) is 18.4. The Kier molecular flexibility index (Phi) is 6.82. The first-order chi connectivity index (χ1) is 15.9. The van der Waals surface area contributed by atoms with Crippen LogP contribution in [0.15, 0.2) is 72.8 Å². The van der Waals surface area contributed by atoms with E-state index >= 15 is 0 Å². The summed E-state index contributed by atoms with van der Waals surface area (Å²) in [7, 11) is 0. The lowest BCUT2D eigenvalue weighted by Crippen LogP contribution is -2.47. The Morgan fingerprint density at radius 1 is 0.970 bits per heavy atom. The Bertz CT molecular complexity index is 1150. The molecule has 0 radical (unpaired) electrons. The number of benzene rings is 3. The molecule has 2 amide bonds. The van der Waals surface area contributed by atoms with Gasteiger partial charge in [0.1, 0.15) is 11.6 Å². The summed E-state index contributed by atoms with van der Waals surface area (Å²) in [5.41, 5.74) is 2.89. The topological polar surface area (TPSA) is 49.4 Å². The minimum Gasteiger partial charge on any atom is -0.352 e. The van der Waals surface area contributed by atoms with Crippen LogP contribution in [0.1, 0.15) is 45.9 Å². The quantitative estimate of drug-likeness (QED) is 0.585. The standard InChI is InChI=1S/C27H26F2N2O2/c1-18-5-4-7-20(15-18)25-14-11-22(26(32)30-16-21-6-2-3-8-24(21)29)17-31(25)27(33)19-9-12-23(28)13-10-19/h2-10,12-13,15,22,25H,11,14,16-17H2,1H3,(H,30,32). The molecule has 0 aliphatic carbocycles. The maximum atomic E-state index is 13.9. The van der Waals surface area contributed by atoms with Gasteiger partial charge in [0.2, 0.25) is 5.91 Å². The maximum absolute atomic E-state index is 13.9. The van der Waals surface area contributed by atoms with Crippen molar-refractivity contribution in [1.29, 1.82) is 0 Å². The Morgan fingerprint density at radius 3 is 2.45 bits per heavy atom. The molecule has 33 heavy (non-hydrogen) atoms. The average molecular weight is 449 g/mol. The van der Waals surface area contributed by atoms with Gasteiger partial charge in [-0.2, -0.15) is 0 Å². The van der Waals surface area contributed by atoms with E-state index in [1.807, 2.05) is 31.2 Å². The van der Waals surface area contributed by atoms with Crippen molar-refractivity contribution in [2.45, 2.75) is 32.4 Å². The second-order valence-corrected chi connectivity index (χ2v) is 8.48. The summed E-state index contributed by atoms with van der Waals surface area (Å²) in [5.74, 6) is -1.65. The van der Waals surface area contributed by atoms with Gasteiger partial charge in [-0.1, -0.05) is 48.0 Å². The number of carbonyl (C=O) groups excluding carboxylic acids is 2. The van der Waals surface area contributed by atoms with Crippen molar-refractivity contribution in [3.8, 4) is 0 Å². The lowest BCUT2D eigenvalue weighted by atomic mass is 9.87. The van der Waals surface area contributed by atoms with Crippen LogP contribution in [0.3, 0.4) is 0 Å². The Hall–Kier alpha value is -3.54. The largest absolute Gasteiger partial charge is 0.352 e. The van der Waals surface area contributed by atoms with Gasteiger partial charge < -0.3 is 10.2 Å². The predicted molar refractivity (Wildman–Crippen MR) is 122 cm³/mol. The van der Waals surface area contributed by atoms with Crippen LogP contribution < -0.4 is 5.32 Å². The molecule has 0 aromatic heterocycles. The summed E-state index contributed by atoms with van der Waals surface area (Å²) in [5, 5.41) is 2.81. The van der Waals surface area contributed by atoms with Crippen LogP contribution in [0.5, 0.6) is 0 Å². The van der Waals surface area contributed by atoms with E-state index in [-0.39, 0.29) is 36.8 Å². The number of amides is 2. The second kappa shape index (κ2) is 9.94. The van der Waals surface area contributed by atoms with Crippen molar-refractivity contribution in [2.75, 3.05) is 6.54 Å². The van der Waals surface area contributed by atoms with E-state index in [0.29, 0.717) is 24.0 Å². The lowest BCUT2D eigenvalue weighted by Gasteiger charge is -2.39. The summed E-state index contributed by atoms with van der Waals surface area (Å²) in [6.45, 7) is 2.32. The second-order valence-electron chi connectivity index (χ2n) is 8.48. The van der Waals surface area contributed by atoms with Gasteiger partial charge in [-0.25, -0.2) is 8.78 Å². The Morgan fingerprint density at radius 2 is 1.73 bits per heavy atom. The van der Waals surface area contributed by atoms with Crippen LogP contribution in [0.4, 0.5) is 8.78 Å². The number of piperidine rings is 1. The fourth-order valence-electron chi connectivity index (χ4n) is 4.36. The average Bonchev–Trinajstić information content (AvgIpc) is 2.83. The van der Waals surface area contributed by atoms with E-state index in [2.05, 4.69) is 5.32 Å². The minimum absolute atomic E-state index is 0.0925. The van der Waals surface area contributed by atoms with Gasteiger partial charge >= 0.3 is 0 Å². The number of hydrogen-bond acceptors (Lipinski definition) is 2. The van der Waals surface area contributed by atoms with Gasteiger partial charge in [-0.05, 0) is 55.7 Å². The van der Waals surface area contributed by atoms with E-state index in [0.717, 1.165) is 11.1 Å². The number of halogens is 2. The van der Waals surface area contributed by atoms with Crippen LogP contribution >= 0.6 is 0 Å². The van der Waals surface area contributed by atoms with E-state index in [4.69, 9.17) is 0 Å². The molecular weight excluding hydrogens is 422 g/mol. The molecule has 170 valence electrons. The molecule has 6 heteroatoms. The molecule has 1 N–H and O–H groups in total. The normalized spacial score (nSPS) is 18.1. The molecule has 0 bridgehead atoms. The molecule has 2 unspecified atom stereocenters. The molecule has 3 aromatic carbocycles. The first kappa shape index (κ1) is 22.6. The monoisotopic (exact) mass is 448 g/mol. The lowest BCUT2D eigenvalue weighted by molar-refractivity contribution is -0.127. The smallest absolute Gasteiger partial charge is 0.254 e. The molecule has 1 saturated heterocycles. The number of carbonyl (C=O) groups is 2. The molecule has 2 atom stereocenters.